The SMILES string of the molecule is Brc1ccc(-c2[c-]c3ccccc3s2)nc1.CC(=O)/C=C(/C)O.[Ir]. The van der Waals surface area contributed by atoms with E-state index in [-0.39, 0.29) is 31.6 Å². The maximum atomic E-state index is 10.0. The second-order valence-electron chi connectivity index (χ2n) is 4.81. The van der Waals surface area contributed by atoms with Gasteiger partial charge in [-0.05, 0) is 39.4 Å². The monoisotopic (exact) mass is 581 g/mol. The van der Waals surface area contributed by atoms with E-state index < -0.39 is 0 Å². The molecule has 24 heavy (non-hydrogen) atoms. The van der Waals surface area contributed by atoms with Gasteiger partial charge >= 0.3 is 0 Å². The number of fused-ring (bicyclic) bond motifs is 1. The molecule has 0 saturated carbocycles. The predicted molar refractivity (Wildman–Crippen MR) is 98.7 cm³/mol. The summed E-state index contributed by atoms with van der Waals surface area (Å²) in [6.07, 6.45) is 2.98. The number of allylic oxidation sites excluding steroid dienone is 2. The molecule has 1 radical (unpaired) electrons. The Kier molecular flexibility index (Phi) is 8.49. The van der Waals surface area contributed by atoms with Crippen LogP contribution in [-0.2, 0) is 24.9 Å². The smallest absolute Gasteiger partial charge is 0.155 e. The number of halogens is 1. The fraction of sp³-hybridized carbons (Fsp3) is 0.111. The first-order chi connectivity index (χ1) is 11.0. The number of nitrogens with zero attached hydrogens (tertiary/aromatic N) is 1. The number of aliphatic hydroxyl groups excluding tert-OH is 1. The zero-order valence-electron chi connectivity index (χ0n) is 13.0. The van der Waals surface area contributed by atoms with Crippen LogP contribution in [-0.4, -0.2) is 15.9 Å². The third-order valence-corrected chi connectivity index (χ3v) is 4.28. The summed E-state index contributed by atoms with van der Waals surface area (Å²) in [4.78, 5) is 15.5. The molecule has 0 spiro atoms. The molecule has 0 aliphatic heterocycles. The molecule has 0 aliphatic rings. The maximum Gasteiger partial charge on any atom is 0.155 e. The summed E-state index contributed by atoms with van der Waals surface area (Å²) < 4.78 is 2.25. The minimum atomic E-state index is -0.125. The number of hydrogen-bond acceptors (Lipinski definition) is 4. The molecular weight excluding hydrogens is 566 g/mol. The van der Waals surface area contributed by atoms with Crippen LogP contribution in [0.25, 0.3) is 20.7 Å². The molecule has 3 nitrogen and oxygen atoms in total. The van der Waals surface area contributed by atoms with Gasteiger partial charge in [0.1, 0.15) is 0 Å². The van der Waals surface area contributed by atoms with Gasteiger partial charge in [-0.15, -0.1) is 23.6 Å². The summed E-state index contributed by atoms with van der Waals surface area (Å²) >= 11 is 5.11. The summed E-state index contributed by atoms with van der Waals surface area (Å²) in [5.41, 5.74) is 0.976. The number of hydrogen-bond donors (Lipinski definition) is 1. The second kappa shape index (κ2) is 9.84. The van der Waals surface area contributed by atoms with Crippen molar-refractivity contribution in [1.29, 1.82) is 0 Å². The Morgan fingerprint density at radius 2 is 1.96 bits per heavy atom. The zero-order chi connectivity index (χ0) is 16.8. The molecule has 0 unspecified atom stereocenters. The van der Waals surface area contributed by atoms with Crippen molar-refractivity contribution < 1.29 is 30.0 Å². The van der Waals surface area contributed by atoms with E-state index in [9.17, 15) is 4.79 Å². The van der Waals surface area contributed by atoms with Crippen LogP contribution in [0.15, 0.2) is 58.9 Å². The molecule has 0 saturated heterocycles. The average molecular weight is 582 g/mol. The van der Waals surface area contributed by atoms with E-state index in [2.05, 4.69) is 39.1 Å². The largest absolute Gasteiger partial charge is 0.512 e. The van der Waals surface area contributed by atoms with Crippen molar-refractivity contribution in [2.45, 2.75) is 13.8 Å². The zero-order valence-corrected chi connectivity index (χ0v) is 17.8. The number of carbonyl (C=O) groups is 1. The fourth-order valence-electron chi connectivity index (χ4n) is 1.84. The minimum absolute atomic E-state index is 0. The Morgan fingerprint density at radius 3 is 2.46 bits per heavy atom. The van der Waals surface area contributed by atoms with Gasteiger partial charge in [0.05, 0.1) is 5.76 Å². The van der Waals surface area contributed by atoms with Crippen LogP contribution < -0.4 is 0 Å². The minimum Gasteiger partial charge on any atom is -0.512 e. The molecule has 2 aromatic heterocycles. The number of aliphatic hydroxyl groups is 1. The Balaban J connectivity index is 0.000000312. The number of thiophene rings is 1. The first-order valence-corrected chi connectivity index (χ1v) is 8.47. The molecule has 0 fully saturated rings. The van der Waals surface area contributed by atoms with Crippen LogP contribution in [0, 0.1) is 6.07 Å². The van der Waals surface area contributed by atoms with Crippen LogP contribution >= 0.6 is 27.3 Å². The summed E-state index contributed by atoms with van der Waals surface area (Å²) in [6.45, 7) is 2.85. The molecule has 0 aliphatic carbocycles. The number of carbonyl (C=O) groups excluding carboxylic acids is 1. The number of ketones is 1. The van der Waals surface area contributed by atoms with Crippen molar-refractivity contribution in [3.8, 4) is 10.6 Å². The fourth-order valence-corrected chi connectivity index (χ4v) is 3.05. The molecule has 6 heteroatoms. The third-order valence-electron chi connectivity index (χ3n) is 2.72. The normalized spacial score (nSPS) is 10.5. The average Bonchev–Trinajstić information content (AvgIpc) is 2.91. The molecule has 0 atom stereocenters. The number of rotatable bonds is 2. The number of aromatic nitrogens is 1. The van der Waals surface area contributed by atoms with Crippen LogP contribution in [0.3, 0.4) is 0 Å². The van der Waals surface area contributed by atoms with Crippen molar-refractivity contribution in [3.05, 3.63) is 65.0 Å². The summed E-state index contributed by atoms with van der Waals surface area (Å²) in [6, 6.07) is 15.6. The molecule has 3 aromatic rings. The van der Waals surface area contributed by atoms with Crippen LogP contribution in [0.4, 0.5) is 0 Å². The predicted octanol–water partition coefficient (Wildman–Crippen LogP) is 5.56. The van der Waals surface area contributed by atoms with Gasteiger partial charge in [0.2, 0.25) is 0 Å². The van der Waals surface area contributed by atoms with Gasteiger partial charge in [0.25, 0.3) is 0 Å². The van der Waals surface area contributed by atoms with Gasteiger partial charge in [0, 0.05) is 42.5 Å². The molecule has 0 bridgehead atoms. The topological polar surface area (TPSA) is 50.2 Å². The maximum absolute atomic E-state index is 10.0. The number of benzene rings is 1. The molecule has 1 aromatic carbocycles. The van der Waals surface area contributed by atoms with E-state index in [0.717, 1.165) is 20.4 Å². The van der Waals surface area contributed by atoms with Gasteiger partial charge in [-0.25, -0.2) is 11.3 Å². The van der Waals surface area contributed by atoms with E-state index in [4.69, 9.17) is 5.11 Å². The van der Waals surface area contributed by atoms with E-state index in [0.29, 0.717) is 0 Å². The van der Waals surface area contributed by atoms with Gasteiger partial charge in [-0.1, -0.05) is 24.3 Å². The molecular formula is C18H15BrIrNO2S-. The van der Waals surface area contributed by atoms with Crippen LogP contribution in [0.2, 0.25) is 0 Å². The summed E-state index contributed by atoms with van der Waals surface area (Å²) in [7, 11) is 0. The molecule has 2 heterocycles. The molecule has 3 rings (SSSR count). The van der Waals surface area contributed by atoms with Crippen LogP contribution in [0.1, 0.15) is 13.8 Å². The van der Waals surface area contributed by atoms with Crippen LogP contribution in [0.5, 0.6) is 0 Å². The first-order valence-electron chi connectivity index (χ1n) is 6.86. The Hall–Kier alpha value is -1.33. The van der Waals surface area contributed by atoms with E-state index in [1.54, 1.807) is 11.3 Å². The molecule has 0 amide bonds. The van der Waals surface area contributed by atoms with Gasteiger partial charge in [0.15, 0.2) is 5.78 Å². The van der Waals surface area contributed by atoms with Gasteiger partial charge in [-0.2, -0.15) is 0 Å². The van der Waals surface area contributed by atoms with E-state index in [1.807, 2.05) is 30.5 Å². The summed E-state index contributed by atoms with van der Waals surface area (Å²) in [5, 5.41) is 9.52. The summed E-state index contributed by atoms with van der Waals surface area (Å²) in [5.74, 6) is -0.0625. The Labute approximate surface area is 166 Å². The molecule has 127 valence electrons. The Morgan fingerprint density at radius 1 is 1.25 bits per heavy atom. The standard InChI is InChI=1S/C13H7BrNS.C5H8O2.Ir/c14-10-5-6-11(15-8-10)13-7-9-3-1-2-4-12(9)16-13;1-4(6)3-5(2)7;/h1-6,8H;3,6H,1-2H3;/q-1;;/b;4-3-;. The van der Waals surface area contributed by atoms with Crippen molar-refractivity contribution in [1.82, 2.24) is 4.98 Å². The van der Waals surface area contributed by atoms with Crippen molar-refractivity contribution in [3.63, 3.8) is 0 Å². The number of pyridine rings is 1. The van der Waals surface area contributed by atoms with Gasteiger partial charge in [-0.3, -0.25) is 4.79 Å². The van der Waals surface area contributed by atoms with Gasteiger partial charge < -0.3 is 10.1 Å². The first kappa shape index (κ1) is 20.7. The Bertz CT molecular complexity index is 807. The van der Waals surface area contributed by atoms with Crippen molar-refractivity contribution in [2.24, 2.45) is 0 Å². The van der Waals surface area contributed by atoms with Crippen molar-refractivity contribution >= 4 is 43.1 Å². The quantitative estimate of drug-likeness (QED) is 0.245. The van der Waals surface area contributed by atoms with E-state index >= 15 is 0 Å². The van der Waals surface area contributed by atoms with Crippen molar-refractivity contribution in [2.75, 3.05) is 0 Å². The van der Waals surface area contributed by atoms with E-state index in [1.165, 1.54) is 24.6 Å². The third kappa shape index (κ3) is 6.29. The molecule has 1 N–H and O–H groups in total. The second-order valence-corrected chi connectivity index (χ2v) is 6.78.